The molecular weight excluding hydrogens is 484 g/mol. The monoisotopic (exact) mass is 526 g/mol. The molecule has 2 N–H and O–H groups in total. The summed E-state index contributed by atoms with van der Waals surface area (Å²) in [5.41, 5.74) is -0.555. The molecule has 4 aliphatic carbocycles. The van der Waals surface area contributed by atoms with Crippen LogP contribution in [0.2, 0.25) is 0 Å². The van der Waals surface area contributed by atoms with E-state index in [2.05, 4.69) is 10.4 Å². The first-order valence-corrected chi connectivity index (χ1v) is 14.3. The topological polar surface area (TPSA) is 114 Å². The third-order valence-electron chi connectivity index (χ3n) is 9.05. The zero-order valence-corrected chi connectivity index (χ0v) is 23.1. The van der Waals surface area contributed by atoms with Crippen LogP contribution in [0.5, 0.6) is 5.88 Å². The first-order valence-electron chi connectivity index (χ1n) is 14.3. The number of hydrogen-bond donors (Lipinski definition) is 2. The molecule has 9 heteroatoms. The van der Waals surface area contributed by atoms with Gasteiger partial charge in [0.2, 0.25) is 11.8 Å². The molecule has 1 atom stereocenters. The van der Waals surface area contributed by atoms with Gasteiger partial charge < -0.3 is 20.1 Å². The van der Waals surface area contributed by atoms with Crippen LogP contribution in [0.3, 0.4) is 0 Å². The van der Waals surface area contributed by atoms with Crippen LogP contribution >= 0.6 is 0 Å². The summed E-state index contributed by atoms with van der Waals surface area (Å²) in [4.78, 5) is 39.8. The second-order valence-electron chi connectivity index (χ2n) is 13.0. The maximum Gasteiger partial charge on any atom is 0.326 e. The predicted molar refractivity (Wildman–Crippen MR) is 142 cm³/mol. The summed E-state index contributed by atoms with van der Waals surface area (Å²) in [6, 6.07) is -0.573. The third-order valence-corrected chi connectivity index (χ3v) is 9.05. The van der Waals surface area contributed by atoms with Gasteiger partial charge in [-0.25, -0.2) is 9.48 Å². The van der Waals surface area contributed by atoms with Gasteiger partial charge in [-0.1, -0.05) is 19.9 Å². The standard InChI is InChI=1S/C29H42N4O5/c1-17(2)16-38-26-22(25(34)31-24-20-11-18-10-19(13-20)14-21(24)12-18)15-30-33(26)9-7-29(3,4)28(37)32-8-5-6-23(32)27(35)36/h7,9,15,17-21,23-24H,5-6,8,10-14,16H2,1-4H3,(H,31,34)(H,35,36)/b9-7+/t18?,19?,20?,21?,23-,24?/m0/s1. The lowest BCUT2D eigenvalue weighted by Crippen LogP contribution is -2.55. The van der Waals surface area contributed by atoms with Crippen molar-refractivity contribution < 1.29 is 24.2 Å². The van der Waals surface area contributed by atoms with Crippen LogP contribution in [-0.2, 0) is 9.59 Å². The molecule has 1 saturated heterocycles. The summed E-state index contributed by atoms with van der Waals surface area (Å²) >= 11 is 0. The van der Waals surface area contributed by atoms with E-state index in [4.69, 9.17) is 4.74 Å². The molecule has 0 aromatic carbocycles. The minimum Gasteiger partial charge on any atom is -0.480 e. The van der Waals surface area contributed by atoms with Gasteiger partial charge in [0, 0.05) is 18.8 Å². The Morgan fingerprint density at radius 2 is 1.82 bits per heavy atom. The van der Waals surface area contributed by atoms with E-state index < -0.39 is 17.4 Å². The maximum absolute atomic E-state index is 13.5. The van der Waals surface area contributed by atoms with Crippen LogP contribution in [0.4, 0.5) is 0 Å². The Morgan fingerprint density at radius 1 is 1.16 bits per heavy atom. The van der Waals surface area contributed by atoms with Gasteiger partial charge in [-0.2, -0.15) is 5.10 Å². The summed E-state index contributed by atoms with van der Waals surface area (Å²) in [6.45, 7) is 8.48. The molecule has 4 saturated carbocycles. The fourth-order valence-electron chi connectivity index (χ4n) is 7.36. The fraction of sp³-hybridized carbons (Fsp3) is 0.724. The van der Waals surface area contributed by atoms with Crippen molar-refractivity contribution in [3.8, 4) is 5.88 Å². The van der Waals surface area contributed by atoms with Gasteiger partial charge in [-0.15, -0.1) is 0 Å². The number of ether oxygens (including phenoxy) is 1. The van der Waals surface area contributed by atoms with Gasteiger partial charge in [0.05, 0.1) is 18.2 Å². The Balaban J connectivity index is 1.33. The van der Waals surface area contributed by atoms with E-state index in [1.807, 2.05) is 13.8 Å². The summed E-state index contributed by atoms with van der Waals surface area (Å²) < 4.78 is 7.60. The fourth-order valence-corrected chi connectivity index (χ4v) is 7.36. The molecule has 1 aliphatic heterocycles. The normalized spacial score (nSPS) is 30.4. The van der Waals surface area contributed by atoms with E-state index in [9.17, 15) is 19.5 Å². The van der Waals surface area contributed by atoms with Gasteiger partial charge >= 0.3 is 5.97 Å². The Kier molecular flexibility index (Phi) is 7.31. The number of amides is 2. The van der Waals surface area contributed by atoms with Crippen LogP contribution in [-0.4, -0.2) is 62.8 Å². The average molecular weight is 527 g/mol. The molecule has 1 aromatic rings. The highest BCUT2D eigenvalue weighted by Crippen LogP contribution is 2.53. The molecule has 5 fully saturated rings. The summed E-state index contributed by atoms with van der Waals surface area (Å²) in [6.07, 6.45) is 12.3. The van der Waals surface area contributed by atoms with Crippen molar-refractivity contribution in [2.45, 2.75) is 84.7 Å². The van der Waals surface area contributed by atoms with Crippen LogP contribution in [0.15, 0.2) is 12.3 Å². The SMILES string of the molecule is CC(C)COc1c(C(=O)NC2C3CC4CC(C3)CC2C4)cnn1/C=C/C(C)(C)C(=O)N1CCC[C@H]1C(=O)O. The van der Waals surface area contributed by atoms with Crippen LogP contribution in [0.1, 0.15) is 83.0 Å². The Labute approximate surface area is 225 Å². The third kappa shape index (κ3) is 5.21. The summed E-state index contributed by atoms with van der Waals surface area (Å²) in [5, 5.41) is 17.3. The first kappa shape index (κ1) is 26.8. The molecule has 1 aromatic heterocycles. The van der Waals surface area contributed by atoms with Crippen LogP contribution < -0.4 is 10.1 Å². The van der Waals surface area contributed by atoms with E-state index in [1.165, 1.54) is 41.7 Å². The number of nitrogens with one attached hydrogen (secondary N) is 1. The van der Waals surface area contributed by atoms with E-state index in [1.54, 1.807) is 32.3 Å². The largest absolute Gasteiger partial charge is 0.480 e. The second kappa shape index (κ2) is 10.4. The maximum atomic E-state index is 13.5. The molecule has 0 spiro atoms. The van der Waals surface area contributed by atoms with Gasteiger partial charge in [0.25, 0.3) is 5.91 Å². The van der Waals surface area contributed by atoms with Gasteiger partial charge in [-0.05, 0) is 88.4 Å². The first-order chi connectivity index (χ1) is 18.0. The lowest BCUT2D eigenvalue weighted by molar-refractivity contribution is -0.151. The Bertz CT molecular complexity index is 1080. The molecule has 6 rings (SSSR count). The number of hydrogen-bond acceptors (Lipinski definition) is 5. The van der Waals surface area contributed by atoms with E-state index in [-0.39, 0.29) is 23.8 Å². The minimum absolute atomic E-state index is 0.155. The smallest absolute Gasteiger partial charge is 0.326 e. The summed E-state index contributed by atoms with van der Waals surface area (Å²) in [5.74, 6) is 2.05. The minimum atomic E-state index is -0.970. The van der Waals surface area contributed by atoms with Crippen LogP contribution in [0.25, 0.3) is 6.20 Å². The number of carbonyl (C=O) groups is 3. The van der Waals surface area contributed by atoms with Gasteiger partial charge in [0.1, 0.15) is 11.6 Å². The van der Waals surface area contributed by atoms with Crippen LogP contribution in [0, 0.1) is 35.0 Å². The Hall–Kier alpha value is -2.84. The molecule has 5 aliphatic rings. The molecule has 38 heavy (non-hydrogen) atoms. The average Bonchev–Trinajstić information content (AvgIpc) is 3.50. The number of aromatic nitrogens is 2. The van der Waals surface area contributed by atoms with Crippen molar-refractivity contribution in [1.29, 1.82) is 0 Å². The number of carboxylic acid groups (broad SMARTS) is 1. The van der Waals surface area contributed by atoms with Gasteiger partial charge in [-0.3, -0.25) is 9.59 Å². The molecule has 0 radical (unpaired) electrons. The zero-order chi connectivity index (χ0) is 27.2. The van der Waals surface area contributed by atoms with Crippen molar-refractivity contribution in [1.82, 2.24) is 20.0 Å². The molecule has 2 amide bonds. The van der Waals surface area contributed by atoms with E-state index in [0.717, 1.165) is 11.8 Å². The number of rotatable bonds is 9. The second-order valence-corrected chi connectivity index (χ2v) is 13.0. The number of carboxylic acids is 1. The lowest BCUT2D eigenvalue weighted by Gasteiger charge is -2.54. The van der Waals surface area contributed by atoms with Crippen molar-refractivity contribution in [2.75, 3.05) is 13.2 Å². The molecule has 2 heterocycles. The number of nitrogens with zero attached hydrogens (tertiary/aromatic N) is 3. The van der Waals surface area contributed by atoms with E-state index >= 15 is 0 Å². The molecular formula is C29H42N4O5. The molecule has 9 nitrogen and oxygen atoms in total. The lowest BCUT2D eigenvalue weighted by atomic mass is 9.54. The number of carbonyl (C=O) groups excluding carboxylic acids is 2. The molecule has 208 valence electrons. The predicted octanol–water partition coefficient (Wildman–Crippen LogP) is 4.04. The molecule has 4 bridgehead atoms. The number of likely N-dealkylation sites (tertiary alicyclic amines) is 1. The highest BCUT2D eigenvalue weighted by molar-refractivity contribution is 5.96. The van der Waals surface area contributed by atoms with E-state index in [0.29, 0.717) is 49.3 Å². The highest BCUT2D eigenvalue weighted by atomic mass is 16.5. The quantitative estimate of drug-likeness (QED) is 0.502. The number of aliphatic carboxylic acids is 1. The van der Waals surface area contributed by atoms with Gasteiger partial charge in [0.15, 0.2) is 0 Å². The van der Waals surface area contributed by atoms with Crippen molar-refractivity contribution in [3.05, 3.63) is 17.8 Å². The molecule has 0 unspecified atom stereocenters. The Morgan fingerprint density at radius 3 is 2.42 bits per heavy atom. The highest BCUT2D eigenvalue weighted by Gasteiger charge is 2.49. The summed E-state index contributed by atoms with van der Waals surface area (Å²) in [7, 11) is 0. The van der Waals surface area contributed by atoms with Crippen molar-refractivity contribution >= 4 is 24.0 Å². The zero-order valence-electron chi connectivity index (χ0n) is 23.1. The van der Waals surface area contributed by atoms with Crippen molar-refractivity contribution in [2.24, 2.45) is 35.0 Å². The van der Waals surface area contributed by atoms with Crippen molar-refractivity contribution in [3.63, 3.8) is 0 Å².